The van der Waals surface area contributed by atoms with Crippen LogP contribution in [0.3, 0.4) is 0 Å². The Balaban J connectivity index is 1.57. The third kappa shape index (κ3) is 20.4. The molecule has 0 aromatic heterocycles. The van der Waals surface area contributed by atoms with E-state index in [0.29, 0.717) is 6.61 Å². The maximum atomic E-state index is 12.1. The highest BCUT2D eigenvalue weighted by atomic mass is 16.7. The molecule has 0 saturated carbocycles. The van der Waals surface area contributed by atoms with Crippen molar-refractivity contribution in [2.45, 2.75) is 203 Å². The number of hydrogen-bond acceptors (Lipinski definition) is 14. The molecule has 14 heteroatoms. The number of unbranched alkanes of at least 4 members (excludes halogenated alkanes) is 15. The number of allylic oxidation sites excluding steroid dienone is 4. The average molecular weight is 805 g/mol. The molecule has 328 valence electrons. The summed E-state index contributed by atoms with van der Waals surface area (Å²) in [6.45, 7) is 3.07. The van der Waals surface area contributed by atoms with Gasteiger partial charge in [0.05, 0.1) is 26.4 Å². The van der Waals surface area contributed by atoms with Gasteiger partial charge in [-0.3, -0.25) is 4.79 Å². The molecule has 0 aliphatic carbocycles. The zero-order chi connectivity index (χ0) is 41.0. The van der Waals surface area contributed by atoms with E-state index < -0.39 is 86.7 Å². The molecule has 7 N–H and O–H groups in total. The Morgan fingerprint density at radius 3 is 1.64 bits per heavy atom. The average Bonchev–Trinajstić information content (AvgIpc) is 3.20. The van der Waals surface area contributed by atoms with Gasteiger partial charge in [-0.2, -0.15) is 0 Å². The van der Waals surface area contributed by atoms with Crippen LogP contribution in [0.25, 0.3) is 0 Å². The Morgan fingerprint density at radius 1 is 0.589 bits per heavy atom. The molecule has 2 fully saturated rings. The SMILES string of the molecule is CCCCCCC/C=C\C/C=C\CCCCCCCCCCCCOCC(COC1OC(COC2OC(CO)C(O)C(O)C2O)C(O)C(O)C1O)OC(=O)CC. The monoisotopic (exact) mass is 805 g/mol. The zero-order valence-corrected chi connectivity index (χ0v) is 34.1. The van der Waals surface area contributed by atoms with Crippen molar-refractivity contribution in [1.82, 2.24) is 0 Å². The van der Waals surface area contributed by atoms with E-state index in [0.717, 1.165) is 25.7 Å². The first kappa shape index (κ1) is 50.6. The van der Waals surface area contributed by atoms with Gasteiger partial charge in [0.1, 0.15) is 54.9 Å². The molecule has 14 nitrogen and oxygen atoms in total. The zero-order valence-electron chi connectivity index (χ0n) is 34.1. The number of ether oxygens (including phenoxy) is 6. The fourth-order valence-corrected chi connectivity index (χ4v) is 6.64. The highest BCUT2D eigenvalue weighted by Gasteiger charge is 2.47. The van der Waals surface area contributed by atoms with Crippen LogP contribution < -0.4 is 0 Å². The first-order valence-electron chi connectivity index (χ1n) is 21.4. The lowest BCUT2D eigenvalue weighted by Crippen LogP contribution is -2.61. The van der Waals surface area contributed by atoms with Crippen LogP contribution in [0.15, 0.2) is 24.3 Å². The molecule has 0 bridgehead atoms. The number of rotatable bonds is 32. The van der Waals surface area contributed by atoms with Gasteiger partial charge < -0.3 is 64.2 Å². The van der Waals surface area contributed by atoms with Gasteiger partial charge in [-0.05, 0) is 38.5 Å². The second-order valence-electron chi connectivity index (χ2n) is 15.1. The van der Waals surface area contributed by atoms with Crippen molar-refractivity contribution in [3.8, 4) is 0 Å². The minimum absolute atomic E-state index is 0.0511. The molecule has 0 radical (unpaired) electrons. The summed E-state index contributed by atoms with van der Waals surface area (Å²) >= 11 is 0. The molecule has 0 amide bonds. The molecular weight excluding hydrogens is 728 g/mol. The van der Waals surface area contributed by atoms with E-state index in [-0.39, 0.29) is 19.6 Å². The van der Waals surface area contributed by atoms with Gasteiger partial charge in [-0.15, -0.1) is 0 Å². The van der Waals surface area contributed by atoms with Crippen LogP contribution in [0.5, 0.6) is 0 Å². The maximum Gasteiger partial charge on any atom is 0.305 e. The Morgan fingerprint density at radius 2 is 1.09 bits per heavy atom. The number of esters is 1. The fraction of sp³-hybridized carbons (Fsp3) is 0.881. The summed E-state index contributed by atoms with van der Waals surface area (Å²) < 4.78 is 33.3. The lowest BCUT2D eigenvalue weighted by atomic mass is 9.98. The van der Waals surface area contributed by atoms with Crippen LogP contribution >= 0.6 is 0 Å². The second-order valence-corrected chi connectivity index (χ2v) is 15.1. The van der Waals surface area contributed by atoms with E-state index in [4.69, 9.17) is 28.4 Å². The van der Waals surface area contributed by atoms with Crippen LogP contribution in [0.2, 0.25) is 0 Å². The highest BCUT2D eigenvalue weighted by molar-refractivity contribution is 5.69. The van der Waals surface area contributed by atoms with Gasteiger partial charge in [0.25, 0.3) is 0 Å². The molecule has 56 heavy (non-hydrogen) atoms. The number of carbonyl (C=O) groups excluding carboxylic acids is 1. The number of hydrogen-bond donors (Lipinski definition) is 7. The molecule has 2 rings (SSSR count). The molecule has 2 aliphatic heterocycles. The molecule has 2 aliphatic rings. The Bertz CT molecular complexity index is 1030. The standard InChI is InChI=1S/C42H76O14/c1-3-5-6-7-8-9-10-11-12-13-14-15-16-17-18-19-20-21-22-23-24-25-26-51-28-31(54-34(44)4-2)29-52-41-40(50)38(48)36(46)33(56-41)30-53-42-39(49)37(47)35(45)32(27-43)55-42/h10-11,13-14,31-33,35-43,45-50H,3-9,12,15-30H2,1-2H3/b11-10-,14-13-. The van der Waals surface area contributed by atoms with Crippen molar-refractivity contribution in [2.75, 3.05) is 33.0 Å². The summed E-state index contributed by atoms with van der Waals surface area (Å²) in [5, 5.41) is 71.1. The Hall–Kier alpha value is -1.53. The molecule has 0 aromatic carbocycles. The van der Waals surface area contributed by atoms with E-state index in [1.165, 1.54) is 89.9 Å². The van der Waals surface area contributed by atoms with Gasteiger partial charge in [0.15, 0.2) is 12.6 Å². The summed E-state index contributed by atoms with van der Waals surface area (Å²) in [5.74, 6) is -0.465. The first-order valence-corrected chi connectivity index (χ1v) is 21.4. The van der Waals surface area contributed by atoms with Gasteiger partial charge in [-0.25, -0.2) is 0 Å². The first-order chi connectivity index (χ1) is 27.1. The second kappa shape index (κ2) is 31.4. The largest absolute Gasteiger partial charge is 0.457 e. The number of aliphatic hydroxyl groups is 7. The van der Waals surface area contributed by atoms with Crippen molar-refractivity contribution in [1.29, 1.82) is 0 Å². The molecule has 0 spiro atoms. The van der Waals surface area contributed by atoms with Crippen LogP contribution in [-0.2, 0) is 33.2 Å². The van der Waals surface area contributed by atoms with E-state index in [1.807, 2.05) is 0 Å². The van der Waals surface area contributed by atoms with E-state index in [2.05, 4.69) is 31.2 Å². The fourth-order valence-electron chi connectivity index (χ4n) is 6.64. The molecule has 0 aromatic rings. The number of carbonyl (C=O) groups is 1. The van der Waals surface area contributed by atoms with Crippen molar-refractivity contribution >= 4 is 5.97 Å². The van der Waals surface area contributed by atoms with Gasteiger partial charge in [-0.1, -0.05) is 115 Å². The number of aliphatic hydroxyl groups excluding tert-OH is 7. The van der Waals surface area contributed by atoms with Crippen molar-refractivity contribution in [2.24, 2.45) is 0 Å². The molecule has 2 heterocycles. The van der Waals surface area contributed by atoms with Gasteiger partial charge >= 0.3 is 5.97 Å². The summed E-state index contributed by atoms with van der Waals surface area (Å²) in [7, 11) is 0. The summed E-state index contributed by atoms with van der Waals surface area (Å²) in [4.78, 5) is 12.1. The molecule has 11 atom stereocenters. The van der Waals surface area contributed by atoms with E-state index >= 15 is 0 Å². The van der Waals surface area contributed by atoms with Gasteiger partial charge in [0.2, 0.25) is 0 Å². The maximum absolute atomic E-state index is 12.1. The van der Waals surface area contributed by atoms with E-state index in [1.54, 1.807) is 6.92 Å². The summed E-state index contributed by atoms with van der Waals surface area (Å²) in [6, 6.07) is 0. The molecule has 2 saturated heterocycles. The predicted octanol–water partition coefficient (Wildman–Crippen LogP) is 4.12. The van der Waals surface area contributed by atoms with Gasteiger partial charge in [0, 0.05) is 13.0 Å². The molecular formula is C42H76O14. The lowest BCUT2D eigenvalue weighted by molar-refractivity contribution is -0.332. The topological polar surface area (TPSA) is 214 Å². The molecule has 11 unspecified atom stereocenters. The van der Waals surface area contributed by atoms with Crippen molar-refractivity contribution in [3.63, 3.8) is 0 Å². The normalized spacial score (nSPS) is 29.0. The van der Waals surface area contributed by atoms with Crippen LogP contribution in [0.4, 0.5) is 0 Å². The highest BCUT2D eigenvalue weighted by Crippen LogP contribution is 2.26. The third-order valence-electron chi connectivity index (χ3n) is 10.3. The summed E-state index contributed by atoms with van der Waals surface area (Å²) in [6.07, 6.45) is 15.2. The van der Waals surface area contributed by atoms with Crippen molar-refractivity contribution in [3.05, 3.63) is 24.3 Å². The lowest BCUT2D eigenvalue weighted by Gasteiger charge is -2.42. The minimum Gasteiger partial charge on any atom is -0.457 e. The third-order valence-corrected chi connectivity index (χ3v) is 10.3. The Kier molecular flexibility index (Phi) is 28.4. The van der Waals surface area contributed by atoms with Crippen LogP contribution in [-0.4, -0.2) is 142 Å². The van der Waals surface area contributed by atoms with Crippen molar-refractivity contribution < 1.29 is 69.0 Å². The van der Waals surface area contributed by atoms with Crippen LogP contribution in [0, 0.1) is 0 Å². The van der Waals surface area contributed by atoms with Crippen LogP contribution in [0.1, 0.15) is 136 Å². The smallest absolute Gasteiger partial charge is 0.305 e. The van der Waals surface area contributed by atoms with E-state index in [9.17, 15) is 40.5 Å². The quantitative estimate of drug-likeness (QED) is 0.0290. The minimum atomic E-state index is -1.70. The Labute approximate surface area is 335 Å². The predicted molar refractivity (Wildman–Crippen MR) is 210 cm³/mol. The summed E-state index contributed by atoms with van der Waals surface area (Å²) in [5.41, 5.74) is 0.